The highest BCUT2D eigenvalue weighted by Gasteiger charge is 2.36. The van der Waals surface area contributed by atoms with Crippen molar-refractivity contribution < 1.29 is 4.79 Å². The third-order valence-electron chi connectivity index (χ3n) is 5.23. The van der Waals surface area contributed by atoms with E-state index >= 15 is 0 Å². The molecular weight excluding hydrogens is 302 g/mol. The van der Waals surface area contributed by atoms with Crippen LogP contribution >= 0.6 is 0 Å². The van der Waals surface area contributed by atoms with Crippen molar-refractivity contribution in [3.05, 3.63) is 54.1 Å². The lowest BCUT2D eigenvalue weighted by Crippen LogP contribution is -2.48. The zero-order chi connectivity index (χ0) is 16.1. The monoisotopic (exact) mass is 321 g/mol. The summed E-state index contributed by atoms with van der Waals surface area (Å²) >= 11 is 0. The molecular formula is C18H19N5O. The second-order valence-corrected chi connectivity index (χ2v) is 6.74. The molecule has 0 N–H and O–H groups in total. The van der Waals surface area contributed by atoms with E-state index in [1.54, 1.807) is 16.9 Å². The number of aromatic nitrogens is 3. The van der Waals surface area contributed by atoms with Crippen LogP contribution in [0.15, 0.2) is 48.6 Å². The molecule has 0 bridgehead atoms. The number of carbonyl (C=O) groups is 1. The first-order chi connectivity index (χ1) is 11.8. The zero-order valence-electron chi connectivity index (χ0n) is 13.4. The highest BCUT2D eigenvalue weighted by atomic mass is 16.2. The van der Waals surface area contributed by atoms with Crippen LogP contribution in [0, 0.1) is 11.8 Å². The summed E-state index contributed by atoms with van der Waals surface area (Å²) in [6, 6.07) is 1.81. The molecule has 2 atom stereocenters. The fraction of sp³-hybridized carbons (Fsp3) is 0.389. The molecule has 3 heterocycles. The molecule has 1 saturated heterocycles. The summed E-state index contributed by atoms with van der Waals surface area (Å²) in [6.07, 6.45) is 13.4. The predicted octanol–water partition coefficient (Wildman–Crippen LogP) is 1.58. The highest BCUT2D eigenvalue weighted by molar-refractivity contribution is 5.99. The molecule has 2 aliphatic carbocycles. The fourth-order valence-electron chi connectivity index (χ4n) is 3.67. The van der Waals surface area contributed by atoms with Gasteiger partial charge in [-0.3, -0.25) is 4.79 Å². The van der Waals surface area contributed by atoms with E-state index in [0.717, 1.165) is 38.0 Å². The quantitative estimate of drug-likeness (QED) is 0.843. The largest absolute Gasteiger partial charge is 0.368 e. The minimum atomic E-state index is 0.0266. The average molecular weight is 321 g/mol. The molecule has 122 valence electrons. The molecule has 6 nitrogen and oxygen atoms in total. The molecule has 2 fully saturated rings. The van der Waals surface area contributed by atoms with E-state index in [4.69, 9.17) is 0 Å². The summed E-state index contributed by atoms with van der Waals surface area (Å²) in [6.45, 7) is 3.24. The molecule has 2 unspecified atom stereocenters. The Morgan fingerprint density at radius 1 is 1.17 bits per heavy atom. The predicted molar refractivity (Wildman–Crippen MR) is 89.3 cm³/mol. The van der Waals surface area contributed by atoms with Crippen molar-refractivity contribution in [1.29, 1.82) is 0 Å². The van der Waals surface area contributed by atoms with Crippen molar-refractivity contribution >= 4 is 11.6 Å². The van der Waals surface area contributed by atoms with Crippen molar-refractivity contribution in [1.82, 2.24) is 24.4 Å². The Kier molecular flexibility index (Phi) is 2.98. The van der Waals surface area contributed by atoms with Gasteiger partial charge in [0.2, 0.25) is 0 Å². The number of allylic oxidation sites excluding steroid dienone is 3. The molecule has 1 aliphatic heterocycles. The smallest absolute Gasteiger partial charge is 0.259 e. The van der Waals surface area contributed by atoms with E-state index in [9.17, 15) is 4.79 Å². The van der Waals surface area contributed by atoms with Gasteiger partial charge in [0.1, 0.15) is 5.56 Å². The molecule has 2 aromatic rings. The van der Waals surface area contributed by atoms with Gasteiger partial charge >= 0.3 is 0 Å². The van der Waals surface area contributed by atoms with E-state index < -0.39 is 0 Å². The first kappa shape index (κ1) is 13.8. The first-order valence-corrected chi connectivity index (χ1v) is 8.52. The fourth-order valence-corrected chi connectivity index (χ4v) is 3.67. The summed E-state index contributed by atoms with van der Waals surface area (Å²) in [5.74, 6) is 1.58. The Morgan fingerprint density at radius 3 is 2.88 bits per heavy atom. The van der Waals surface area contributed by atoms with Crippen LogP contribution in [-0.2, 0) is 0 Å². The summed E-state index contributed by atoms with van der Waals surface area (Å²) in [5.41, 5.74) is 2.54. The van der Waals surface area contributed by atoms with Gasteiger partial charge in [-0.15, -0.1) is 0 Å². The molecule has 1 saturated carbocycles. The number of hydrogen-bond donors (Lipinski definition) is 0. The van der Waals surface area contributed by atoms with E-state index in [1.165, 1.54) is 12.1 Å². The van der Waals surface area contributed by atoms with Crippen LogP contribution in [0.25, 0.3) is 5.65 Å². The number of nitrogens with zero attached hydrogens (tertiary/aromatic N) is 5. The van der Waals surface area contributed by atoms with Gasteiger partial charge in [-0.25, -0.2) is 9.50 Å². The minimum absolute atomic E-state index is 0.0266. The summed E-state index contributed by atoms with van der Waals surface area (Å²) in [5, 5.41) is 4.21. The Labute approximate surface area is 140 Å². The Hall–Kier alpha value is -2.63. The maximum atomic E-state index is 12.8. The van der Waals surface area contributed by atoms with Crippen LogP contribution < -0.4 is 0 Å². The van der Waals surface area contributed by atoms with E-state index in [0.29, 0.717) is 11.2 Å². The van der Waals surface area contributed by atoms with E-state index in [1.807, 2.05) is 17.2 Å². The maximum absolute atomic E-state index is 12.8. The lowest BCUT2D eigenvalue weighted by molar-refractivity contribution is 0.0674. The standard InChI is InChI=1S/C18H19N5O/c24-18(16-12-20-23-5-1-4-19-17(16)23)22-8-6-21(7-9-22)15-3-2-13-10-14(13)11-15/h1-5,11-14H,6-10H2. The number of fused-ring (bicyclic) bond motifs is 2. The molecule has 6 heteroatoms. The molecule has 3 aliphatic rings. The van der Waals surface area contributed by atoms with Crippen molar-refractivity contribution in [3.63, 3.8) is 0 Å². The SMILES string of the molecule is O=C(c1cnn2cccnc12)N1CCN(C2=CC3CC3C=C2)CC1. The Balaban J connectivity index is 1.29. The van der Waals surface area contributed by atoms with Crippen molar-refractivity contribution in [2.45, 2.75) is 6.42 Å². The summed E-state index contributed by atoms with van der Waals surface area (Å²) in [4.78, 5) is 21.4. The van der Waals surface area contributed by atoms with Crippen molar-refractivity contribution in [2.24, 2.45) is 11.8 Å². The van der Waals surface area contributed by atoms with Gasteiger partial charge in [-0.1, -0.05) is 12.2 Å². The van der Waals surface area contributed by atoms with Gasteiger partial charge in [-0.05, 0) is 30.4 Å². The molecule has 1 amide bonds. The van der Waals surface area contributed by atoms with Gasteiger partial charge < -0.3 is 9.80 Å². The number of rotatable bonds is 2. The number of carbonyl (C=O) groups excluding carboxylic acids is 1. The van der Waals surface area contributed by atoms with Crippen LogP contribution in [0.1, 0.15) is 16.8 Å². The third kappa shape index (κ3) is 2.21. The number of hydrogen-bond acceptors (Lipinski definition) is 4. The lowest BCUT2D eigenvalue weighted by Gasteiger charge is -2.37. The van der Waals surface area contributed by atoms with Crippen LogP contribution in [-0.4, -0.2) is 56.5 Å². The normalized spacial score (nSPS) is 25.6. The average Bonchev–Trinajstić information content (AvgIpc) is 3.29. The van der Waals surface area contributed by atoms with Crippen LogP contribution in [0.5, 0.6) is 0 Å². The topological polar surface area (TPSA) is 53.7 Å². The van der Waals surface area contributed by atoms with Crippen molar-refractivity contribution in [3.8, 4) is 0 Å². The lowest BCUT2D eigenvalue weighted by atomic mass is 10.1. The van der Waals surface area contributed by atoms with Crippen LogP contribution in [0.4, 0.5) is 0 Å². The summed E-state index contributed by atoms with van der Waals surface area (Å²) < 4.78 is 1.65. The Bertz CT molecular complexity index is 859. The van der Waals surface area contributed by atoms with Crippen LogP contribution in [0.2, 0.25) is 0 Å². The minimum Gasteiger partial charge on any atom is -0.368 e. The molecule has 0 spiro atoms. The third-order valence-corrected chi connectivity index (χ3v) is 5.23. The highest BCUT2D eigenvalue weighted by Crippen LogP contribution is 2.44. The molecule has 0 radical (unpaired) electrons. The Morgan fingerprint density at radius 2 is 2.04 bits per heavy atom. The number of amides is 1. The van der Waals surface area contributed by atoms with Crippen LogP contribution in [0.3, 0.4) is 0 Å². The molecule has 5 rings (SSSR count). The van der Waals surface area contributed by atoms with E-state index in [-0.39, 0.29) is 5.91 Å². The zero-order valence-corrected chi connectivity index (χ0v) is 13.4. The first-order valence-electron chi connectivity index (χ1n) is 8.52. The second kappa shape index (κ2) is 5.19. The second-order valence-electron chi connectivity index (χ2n) is 6.74. The van der Waals surface area contributed by atoms with Gasteiger partial charge in [-0.2, -0.15) is 5.10 Å². The van der Waals surface area contributed by atoms with E-state index in [2.05, 4.69) is 33.2 Å². The molecule has 0 aromatic carbocycles. The number of piperazine rings is 1. The van der Waals surface area contributed by atoms with Gasteiger partial charge in [0.15, 0.2) is 5.65 Å². The van der Waals surface area contributed by atoms with Gasteiger partial charge in [0.25, 0.3) is 5.91 Å². The molecule has 2 aromatic heterocycles. The van der Waals surface area contributed by atoms with Gasteiger partial charge in [0, 0.05) is 44.3 Å². The summed E-state index contributed by atoms with van der Waals surface area (Å²) in [7, 11) is 0. The molecule has 24 heavy (non-hydrogen) atoms. The van der Waals surface area contributed by atoms with Gasteiger partial charge in [0.05, 0.1) is 6.20 Å². The van der Waals surface area contributed by atoms with Crippen molar-refractivity contribution in [2.75, 3.05) is 26.2 Å². The maximum Gasteiger partial charge on any atom is 0.259 e.